The number of rotatable bonds is 2. The summed E-state index contributed by atoms with van der Waals surface area (Å²) < 4.78 is 0. The fraction of sp³-hybridized carbons (Fsp3) is 0.545. The molecule has 0 bridgehead atoms. The van der Waals surface area contributed by atoms with Gasteiger partial charge in [-0.15, -0.1) is 11.3 Å². The van der Waals surface area contributed by atoms with E-state index < -0.39 is 0 Å². The van der Waals surface area contributed by atoms with Crippen molar-refractivity contribution in [1.82, 2.24) is 5.32 Å². The molecule has 1 aliphatic rings. The molecule has 1 fully saturated rings. The van der Waals surface area contributed by atoms with Crippen LogP contribution < -0.4 is 5.32 Å². The molecule has 14 heavy (non-hydrogen) atoms. The second kappa shape index (κ2) is 4.24. The van der Waals surface area contributed by atoms with Crippen LogP contribution in [0.4, 0.5) is 0 Å². The summed E-state index contributed by atoms with van der Waals surface area (Å²) in [4.78, 5) is 13.2. The number of ketones is 1. The first-order valence-electron chi connectivity index (χ1n) is 5.11. The quantitative estimate of drug-likeness (QED) is 0.758. The third-order valence-corrected chi connectivity index (χ3v) is 3.60. The predicted octanol–water partition coefficient (Wildman–Crippen LogP) is 2.38. The molecule has 1 aromatic rings. The zero-order chi connectivity index (χ0) is 9.97. The van der Waals surface area contributed by atoms with Gasteiger partial charge in [0.05, 0.1) is 6.04 Å². The maximum absolute atomic E-state index is 12.0. The molecule has 0 aromatic carbocycles. The normalized spacial score (nSPS) is 22.2. The van der Waals surface area contributed by atoms with Crippen molar-refractivity contribution in [3.05, 3.63) is 21.9 Å². The number of thiophene rings is 1. The Morgan fingerprint density at radius 1 is 1.57 bits per heavy atom. The fourth-order valence-corrected chi connectivity index (χ4v) is 2.61. The molecule has 1 unspecified atom stereocenters. The zero-order valence-electron chi connectivity index (χ0n) is 8.38. The molecule has 2 nitrogen and oxygen atoms in total. The van der Waals surface area contributed by atoms with E-state index in [9.17, 15) is 4.79 Å². The van der Waals surface area contributed by atoms with Crippen LogP contribution in [0.15, 0.2) is 11.4 Å². The lowest BCUT2D eigenvalue weighted by molar-refractivity contribution is 0.0927. The highest BCUT2D eigenvalue weighted by Crippen LogP contribution is 2.19. The summed E-state index contributed by atoms with van der Waals surface area (Å²) in [6, 6.07) is 2.01. The maximum atomic E-state index is 12.0. The number of carbonyl (C=O) groups excluding carboxylic acids is 1. The largest absolute Gasteiger partial charge is 0.307 e. The van der Waals surface area contributed by atoms with E-state index in [0.717, 1.165) is 23.4 Å². The fourth-order valence-electron chi connectivity index (χ4n) is 1.90. The van der Waals surface area contributed by atoms with Gasteiger partial charge in [0.1, 0.15) is 0 Å². The van der Waals surface area contributed by atoms with Crippen LogP contribution in [0.25, 0.3) is 0 Å². The van der Waals surface area contributed by atoms with Crippen LogP contribution in [0.1, 0.15) is 34.5 Å². The molecule has 1 aliphatic heterocycles. The molecular weight excluding hydrogens is 194 g/mol. The lowest BCUT2D eigenvalue weighted by atomic mass is 9.97. The van der Waals surface area contributed by atoms with Crippen LogP contribution >= 0.6 is 11.3 Å². The van der Waals surface area contributed by atoms with Crippen LogP contribution in [-0.4, -0.2) is 18.4 Å². The maximum Gasteiger partial charge on any atom is 0.180 e. The highest BCUT2D eigenvalue weighted by Gasteiger charge is 2.23. The Hall–Kier alpha value is -0.670. The minimum atomic E-state index is 0.0667. The van der Waals surface area contributed by atoms with Gasteiger partial charge < -0.3 is 5.32 Å². The molecule has 3 heteroatoms. The SMILES string of the molecule is Cc1sccc1C(=O)C1CCCCN1. The molecule has 0 aliphatic carbocycles. The molecular formula is C11H15NOS. The smallest absolute Gasteiger partial charge is 0.180 e. The number of Topliss-reactive ketones (excluding diaryl/α,β-unsaturated/α-hetero) is 1. The van der Waals surface area contributed by atoms with Gasteiger partial charge in [-0.05, 0) is 37.8 Å². The summed E-state index contributed by atoms with van der Waals surface area (Å²) in [5, 5.41) is 5.28. The van der Waals surface area contributed by atoms with Crippen LogP contribution in [-0.2, 0) is 0 Å². The Kier molecular flexibility index (Phi) is 2.99. The van der Waals surface area contributed by atoms with Crippen LogP contribution in [0, 0.1) is 6.92 Å². The number of nitrogens with one attached hydrogen (secondary N) is 1. The summed E-state index contributed by atoms with van der Waals surface area (Å²) in [6.45, 7) is 3.00. The monoisotopic (exact) mass is 209 g/mol. The van der Waals surface area contributed by atoms with Crippen molar-refractivity contribution < 1.29 is 4.79 Å². The summed E-state index contributed by atoms with van der Waals surface area (Å²) in [6.07, 6.45) is 3.37. The van der Waals surface area contributed by atoms with Crippen molar-refractivity contribution in [3.63, 3.8) is 0 Å². The molecule has 2 heterocycles. The highest BCUT2D eigenvalue weighted by molar-refractivity contribution is 7.10. The van der Waals surface area contributed by atoms with Crippen molar-refractivity contribution in [3.8, 4) is 0 Å². The number of carbonyl (C=O) groups is 1. The molecule has 0 spiro atoms. The van der Waals surface area contributed by atoms with Gasteiger partial charge in [0.2, 0.25) is 0 Å². The second-order valence-corrected chi connectivity index (χ2v) is 4.88. The van der Waals surface area contributed by atoms with Gasteiger partial charge in [-0.3, -0.25) is 4.79 Å². The number of aryl methyl sites for hydroxylation is 1. The lowest BCUT2D eigenvalue weighted by Gasteiger charge is -2.22. The Bertz CT molecular complexity index is 326. The predicted molar refractivity (Wildman–Crippen MR) is 59.0 cm³/mol. The van der Waals surface area contributed by atoms with Crippen LogP contribution in [0.2, 0.25) is 0 Å². The standard InChI is InChI=1S/C11H15NOS/c1-8-9(5-7-14-8)11(13)10-4-2-3-6-12-10/h5,7,10,12H,2-4,6H2,1H3. The Balaban J connectivity index is 2.11. The van der Waals surface area contributed by atoms with Gasteiger partial charge in [-0.25, -0.2) is 0 Å². The first-order valence-corrected chi connectivity index (χ1v) is 5.98. The van der Waals surface area contributed by atoms with Crippen molar-refractivity contribution in [1.29, 1.82) is 0 Å². The Morgan fingerprint density at radius 3 is 3.00 bits per heavy atom. The van der Waals surface area contributed by atoms with Crippen LogP contribution in [0.3, 0.4) is 0 Å². The van der Waals surface area contributed by atoms with Crippen molar-refractivity contribution in [2.75, 3.05) is 6.54 Å². The molecule has 1 atom stereocenters. The highest BCUT2D eigenvalue weighted by atomic mass is 32.1. The molecule has 1 aromatic heterocycles. The third kappa shape index (κ3) is 1.88. The summed E-state index contributed by atoms with van der Waals surface area (Å²) in [5.41, 5.74) is 0.911. The van der Waals surface area contributed by atoms with Gasteiger partial charge in [-0.1, -0.05) is 6.42 Å². The molecule has 0 amide bonds. The molecule has 1 N–H and O–H groups in total. The topological polar surface area (TPSA) is 29.1 Å². The zero-order valence-corrected chi connectivity index (χ0v) is 9.19. The van der Waals surface area contributed by atoms with Crippen molar-refractivity contribution >= 4 is 17.1 Å². The summed E-state index contributed by atoms with van der Waals surface area (Å²) >= 11 is 1.65. The summed E-state index contributed by atoms with van der Waals surface area (Å²) in [7, 11) is 0. The Labute approximate surface area is 88.3 Å². The number of hydrogen-bond acceptors (Lipinski definition) is 3. The van der Waals surface area contributed by atoms with Crippen molar-refractivity contribution in [2.24, 2.45) is 0 Å². The minimum Gasteiger partial charge on any atom is -0.307 e. The minimum absolute atomic E-state index is 0.0667. The Morgan fingerprint density at radius 2 is 2.43 bits per heavy atom. The summed E-state index contributed by atoms with van der Waals surface area (Å²) in [5.74, 6) is 0.281. The van der Waals surface area contributed by atoms with Gasteiger partial charge in [-0.2, -0.15) is 0 Å². The van der Waals surface area contributed by atoms with Gasteiger partial charge >= 0.3 is 0 Å². The van der Waals surface area contributed by atoms with E-state index >= 15 is 0 Å². The lowest BCUT2D eigenvalue weighted by Crippen LogP contribution is -2.40. The number of hydrogen-bond donors (Lipinski definition) is 1. The molecule has 76 valence electrons. The van der Waals surface area contributed by atoms with E-state index in [0.29, 0.717) is 0 Å². The molecule has 0 saturated carbocycles. The average Bonchev–Trinajstić information content (AvgIpc) is 2.65. The van der Waals surface area contributed by atoms with E-state index in [4.69, 9.17) is 0 Å². The van der Waals surface area contributed by atoms with Gasteiger partial charge in [0.15, 0.2) is 5.78 Å². The van der Waals surface area contributed by atoms with Gasteiger partial charge in [0, 0.05) is 10.4 Å². The second-order valence-electron chi connectivity index (χ2n) is 3.76. The van der Waals surface area contributed by atoms with E-state index in [2.05, 4.69) is 5.32 Å². The van der Waals surface area contributed by atoms with E-state index in [1.165, 1.54) is 12.8 Å². The van der Waals surface area contributed by atoms with Crippen LogP contribution in [0.5, 0.6) is 0 Å². The molecule has 1 saturated heterocycles. The first kappa shape index (κ1) is 9.87. The number of piperidine rings is 1. The van der Waals surface area contributed by atoms with E-state index in [1.54, 1.807) is 11.3 Å². The van der Waals surface area contributed by atoms with E-state index in [1.807, 2.05) is 18.4 Å². The van der Waals surface area contributed by atoms with Gasteiger partial charge in [0.25, 0.3) is 0 Å². The van der Waals surface area contributed by atoms with E-state index in [-0.39, 0.29) is 11.8 Å². The average molecular weight is 209 g/mol. The molecule has 0 radical (unpaired) electrons. The third-order valence-electron chi connectivity index (χ3n) is 2.75. The molecule has 2 rings (SSSR count). The first-order chi connectivity index (χ1) is 6.79. The van der Waals surface area contributed by atoms with Crippen molar-refractivity contribution in [2.45, 2.75) is 32.2 Å².